The van der Waals surface area contributed by atoms with Crippen molar-refractivity contribution in [1.82, 2.24) is 9.97 Å². The third-order valence-corrected chi connectivity index (χ3v) is 8.59. The van der Waals surface area contributed by atoms with E-state index in [1.54, 1.807) is 11.3 Å². The van der Waals surface area contributed by atoms with Crippen molar-refractivity contribution in [1.29, 1.82) is 0 Å². The van der Waals surface area contributed by atoms with Gasteiger partial charge in [-0.3, -0.25) is 4.79 Å². The number of amides is 1. The van der Waals surface area contributed by atoms with Crippen LogP contribution in [-0.4, -0.2) is 15.9 Å². The minimum Gasteiger partial charge on any atom is -0.338 e. The Morgan fingerprint density at radius 2 is 2.07 bits per heavy atom. The number of benzene rings is 1. The van der Waals surface area contributed by atoms with Gasteiger partial charge in [0, 0.05) is 11.3 Å². The van der Waals surface area contributed by atoms with Crippen molar-refractivity contribution in [2.45, 2.75) is 57.8 Å². The SMILES string of the molecule is O=C(C[C@H]1C[C@H]2CC[C@@H]1C2)Nc1sc2c(c1-c1nc3ccccc3[nH]1)CCCC2. The summed E-state index contributed by atoms with van der Waals surface area (Å²) in [6.45, 7) is 0. The van der Waals surface area contributed by atoms with Gasteiger partial charge in [0.15, 0.2) is 0 Å². The Labute approximate surface area is 175 Å². The Morgan fingerprint density at radius 1 is 1.17 bits per heavy atom. The molecule has 3 aromatic rings. The molecule has 1 amide bonds. The number of nitrogens with one attached hydrogen (secondary N) is 2. The summed E-state index contributed by atoms with van der Waals surface area (Å²) >= 11 is 1.78. The van der Waals surface area contributed by atoms with Crippen molar-refractivity contribution in [3.63, 3.8) is 0 Å². The number of carbonyl (C=O) groups excluding carboxylic acids is 1. The highest BCUT2D eigenvalue weighted by Gasteiger charge is 2.40. The van der Waals surface area contributed by atoms with E-state index in [9.17, 15) is 4.79 Å². The predicted octanol–water partition coefficient (Wildman–Crippen LogP) is 5.94. The Bertz CT molecular complexity index is 1050. The molecule has 3 aliphatic rings. The molecule has 5 heteroatoms. The average molecular weight is 406 g/mol. The molecule has 150 valence electrons. The number of rotatable bonds is 4. The molecule has 29 heavy (non-hydrogen) atoms. The highest BCUT2D eigenvalue weighted by Crippen LogP contribution is 2.50. The molecule has 0 unspecified atom stereocenters. The molecule has 1 aromatic carbocycles. The summed E-state index contributed by atoms with van der Waals surface area (Å²) in [5, 5.41) is 4.32. The number of imidazole rings is 1. The Hall–Kier alpha value is -2.14. The first-order chi connectivity index (χ1) is 14.2. The van der Waals surface area contributed by atoms with Crippen LogP contribution in [0.3, 0.4) is 0 Å². The number of fused-ring (bicyclic) bond motifs is 4. The van der Waals surface area contributed by atoms with Crippen LogP contribution in [0.5, 0.6) is 0 Å². The molecule has 0 radical (unpaired) electrons. The summed E-state index contributed by atoms with van der Waals surface area (Å²) in [5.41, 5.74) is 4.58. The van der Waals surface area contributed by atoms with Crippen molar-refractivity contribution in [2.24, 2.45) is 17.8 Å². The van der Waals surface area contributed by atoms with Crippen molar-refractivity contribution in [2.75, 3.05) is 5.32 Å². The first-order valence-corrected chi connectivity index (χ1v) is 12.0. The van der Waals surface area contributed by atoms with Gasteiger partial charge in [0.25, 0.3) is 0 Å². The van der Waals surface area contributed by atoms with Gasteiger partial charge >= 0.3 is 0 Å². The molecule has 2 heterocycles. The standard InChI is InChI=1S/C24H27N3OS/c28-21(13-16-12-14-9-10-15(16)11-14)27-24-22(17-5-1-4-8-20(17)29-24)23-25-18-6-2-3-7-19(18)26-23/h2-3,6-7,14-16H,1,4-5,8-13H2,(H,25,26)(H,27,28)/t14-,15+,16+/m0/s1. The van der Waals surface area contributed by atoms with Crippen molar-refractivity contribution in [3.05, 3.63) is 34.7 Å². The van der Waals surface area contributed by atoms with Crippen molar-refractivity contribution < 1.29 is 4.79 Å². The molecule has 0 saturated heterocycles. The van der Waals surface area contributed by atoms with E-state index in [0.717, 1.165) is 52.1 Å². The van der Waals surface area contributed by atoms with Gasteiger partial charge in [-0.1, -0.05) is 18.6 Å². The van der Waals surface area contributed by atoms with Gasteiger partial charge in [-0.05, 0) is 80.4 Å². The van der Waals surface area contributed by atoms with Crippen LogP contribution in [0, 0.1) is 17.8 Å². The third-order valence-electron chi connectivity index (χ3n) is 7.38. The third kappa shape index (κ3) is 3.10. The van der Waals surface area contributed by atoms with Gasteiger partial charge in [0.05, 0.1) is 16.6 Å². The Morgan fingerprint density at radius 3 is 2.90 bits per heavy atom. The van der Waals surface area contributed by atoms with E-state index >= 15 is 0 Å². The van der Waals surface area contributed by atoms with E-state index in [0.29, 0.717) is 12.3 Å². The van der Waals surface area contributed by atoms with Gasteiger partial charge in [-0.2, -0.15) is 0 Å². The minimum absolute atomic E-state index is 0.193. The monoisotopic (exact) mass is 405 g/mol. The summed E-state index contributed by atoms with van der Waals surface area (Å²) < 4.78 is 0. The van der Waals surface area contributed by atoms with Gasteiger partial charge in [0.1, 0.15) is 10.8 Å². The summed E-state index contributed by atoms with van der Waals surface area (Å²) in [6, 6.07) is 8.17. The van der Waals surface area contributed by atoms with Crippen LogP contribution in [0.25, 0.3) is 22.4 Å². The summed E-state index contributed by atoms with van der Waals surface area (Å²) in [4.78, 5) is 22.8. The van der Waals surface area contributed by atoms with Crippen molar-refractivity contribution in [3.8, 4) is 11.4 Å². The zero-order valence-electron chi connectivity index (χ0n) is 16.7. The van der Waals surface area contributed by atoms with Crippen LogP contribution in [-0.2, 0) is 17.6 Å². The van der Waals surface area contributed by atoms with E-state index in [1.807, 2.05) is 18.2 Å². The highest BCUT2D eigenvalue weighted by molar-refractivity contribution is 7.17. The summed E-state index contributed by atoms with van der Waals surface area (Å²) in [6.07, 6.45) is 10.7. The molecule has 0 aliphatic heterocycles. The number of H-pyrrole nitrogens is 1. The second kappa shape index (κ2) is 6.98. The van der Waals surface area contributed by atoms with Crippen LogP contribution >= 0.6 is 11.3 Å². The number of hydrogen-bond donors (Lipinski definition) is 2. The second-order valence-electron chi connectivity index (χ2n) is 9.20. The average Bonchev–Trinajstić information content (AvgIpc) is 3.49. The molecule has 2 N–H and O–H groups in total. The largest absolute Gasteiger partial charge is 0.338 e. The van der Waals surface area contributed by atoms with E-state index in [-0.39, 0.29) is 5.91 Å². The fraction of sp³-hybridized carbons (Fsp3) is 0.500. The number of aryl methyl sites for hydroxylation is 1. The van der Waals surface area contributed by atoms with Gasteiger partial charge in [-0.15, -0.1) is 11.3 Å². The second-order valence-corrected chi connectivity index (χ2v) is 10.3. The quantitative estimate of drug-likeness (QED) is 0.565. The van der Waals surface area contributed by atoms with Crippen LogP contribution in [0.15, 0.2) is 24.3 Å². The number of hydrogen-bond acceptors (Lipinski definition) is 3. The maximum absolute atomic E-state index is 13.0. The molecule has 0 spiro atoms. The first-order valence-electron chi connectivity index (χ1n) is 11.1. The van der Waals surface area contributed by atoms with Gasteiger partial charge in [0.2, 0.25) is 5.91 Å². The molecule has 2 saturated carbocycles. The molecule has 3 atom stereocenters. The zero-order valence-corrected chi connectivity index (χ0v) is 17.5. The first kappa shape index (κ1) is 17.7. The van der Waals surface area contributed by atoms with Crippen LogP contribution in [0.4, 0.5) is 5.00 Å². The molecular formula is C24H27N3OS. The zero-order chi connectivity index (χ0) is 19.4. The van der Waals surface area contributed by atoms with E-state index in [1.165, 1.54) is 49.0 Å². The normalized spacial score (nSPS) is 25.4. The molecule has 2 bridgehead atoms. The smallest absolute Gasteiger partial charge is 0.225 e. The van der Waals surface area contributed by atoms with Crippen LogP contribution in [0.1, 0.15) is 55.4 Å². The number of aromatic nitrogens is 2. The maximum atomic E-state index is 13.0. The minimum atomic E-state index is 0.193. The molecular weight excluding hydrogens is 378 g/mol. The van der Waals surface area contributed by atoms with Gasteiger partial charge in [-0.25, -0.2) is 4.98 Å². The number of thiophene rings is 1. The lowest BCUT2D eigenvalue weighted by Gasteiger charge is -2.20. The fourth-order valence-corrected chi connectivity index (χ4v) is 7.32. The highest BCUT2D eigenvalue weighted by atomic mass is 32.1. The topological polar surface area (TPSA) is 57.8 Å². The number of carbonyl (C=O) groups is 1. The number of anilines is 1. The van der Waals surface area contributed by atoms with Crippen LogP contribution < -0.4 is 5.32 Å². The number of aromatic amines is 1. The van der Waals surface area contributed by atoms with E-state index in [4.69, 9.17) is 4.98 Å². The molecule has 6 rings (SSSR count). The molecule has 2 fully saturated rings. The number of para-hydroxylation sites is 2. The Balaban J connectivity index is 1.32. The molecule has 3 aliphatic carbocycles. The molecule has 4 nitrogen and oxygen atoms in total. The Kier molecular flexibility index (Phi) is 4.26. The lowest BCUT2D eigenvalue weighted by atomic mass is 9.86. The summed E-state index contributed by atoms with van der Waals surface area (Å²) in [7, 11) is 0. The number of nitrogens with zero attached hydrogens (tertiary/aromatic N) is 1. The predicted molar refractivity (Wildman–Crippen MR) is 118 cm³/mol. The maximum Gasteiger partial charge on any atom is 0.225 e. The van der Waals surface area contributed by atoms with E-state index in [2.05, 4.69) is 16.4 Å². The van der Waals surface area contributed by atoms with Crippen molar-refractivity contribution >= 4 is 33.3 Å². The summed E-state index contributed by atoms with van der Waals surface area (Å²) in [5.74, 6) is 3.37. The fourth-order valence-electron chi connectivity index (χ4n) is 6.02. The van der Waals surface area contributed by atoms with Gasteiger partial charge < -0.3 is 10.3 Å². The lowest BCUT2D eigenvalue weighted by Crippen LogP contribution is -2.20. The molecule has 2 aromatic heterocycles. The van der Waals surface area contributed by atoms with Crippen LogP contribution in [0.2, 0.25) is 0 Å². The van der Waals surface area contributed by atoms with E-state index < -0.39 is 0 Å². The lowest BCUT2D eigenvalue weighted by molar-refractivity contribution is -0.117.